The third-order valence-corrected chi connectivity index (χ3v) is 9.85. The lowest BCUT2D eigenvalue weighted by Crippen LogP contribution is -2.60. The molecule has 2 saturated heterocycles. The molecule has 3 aliphatic heterocycles. The Hall–Kier alpha value is -3.95. The molecule has 2 bridgehead atoms. The molecule has 0 aromatic carbocycles. The van der Waals surface area contributed by atoms with Crippen LogP contribution in [0.1, 0.15) is 40.0 Å². The number of aromatic nitrogens is 1. The van der Waals surface area contributed by atoms with Gasteiger partial charge in [-0.15, -0.1) is 0 Å². The number of carbonyl (C=O) groups excluding carboxylic acids is 4. The molecule has 4 amide bonds. The van der Waals surface area contributed by atoms with E-state index in [0.717, 1.165) is 0 Å². The fourth-order valence-electron chi connectivity index (χ4n) is 7.91. The van der Waals surface area contributed by atoms with E-state index in [1.165, 1.54) is 23.1 Å². The number of ether oxygens (including phenoxy) is 2. The van der Waals surface area contributed by atoms with Gasteiger partial charge in [0, 0.05) is 19.2 Å². The van der Waals surface area contributed by atoms with Gasteiger partial charge in [-0.3, -0.25) is 14.4 Å². The number of amides is 4. The predicted molar refractivity (Wildman–Crippen MR) is 144 cm³/mol. The molecule has 0 unspecified atom stereocenters. The highest BCUT2D eigenvalue weighted by Gasteiger charge is 2.65. The van der Waals surface area contributed by atoms with E-state index >= 15 is 4.39 Å². The first-order valence-electron chi connectivity index (χ1n) is 14.3. The number of carbonyl (C=O) groups is 4. The van der Waals surface area contributed by atoms with Crippen LogP contribution in [0.4, 0.5) is 15.0 Å². The average molecular weight is 583 g/mol. The molecule has 6 rings (SSSR count). The summed E-state index contributed by atoms with van der Waals surface area (Å²) in [5.41, 5.74) is -2.25. The van der Waals surface area contributed by atoms with Gasteiger partial charge in [0.25, 0.3) is 5.91 Å². The van der Waals surface area contributed by atoms with Crippen LogP contribution in [0.3, 0.4) is 0 Å². The number of pyridine rings is 1. The summed E-state index contributed by atoms with van der Waals surface area (Å²) >= 11 is 0. The number of nitrogens with one attached hydrogen (secondary N) is 2. The first-order chi connectivity index (χ1) is 19.9. The quantitative estimate of drug-likeness (QED) is 0.548. The molecule has 1 spiro atoms. The van der Waals surface area contributed by atoms with Gasteiger partial charge in [-0.2, -0.15) is 5.26 Å². The predicted octanol–water partition coefficient (Wildman–Crippen LogP) is 1.87. The van der Waals surface area contributed by atoms with E-state index in [9.17, 15) is 24.4 Å². The molecular weight excluding hydrogens is 547 g/mol. The SMILES string of the molecule is COC(=O)N[C@H](C(=O)N1C[C@@H]2[C@H]3C[C@@H]([C@@H]2[C@H]1C(=O)N1C[C@@]2(C[C@H]1C#N)Oc1cccnc1NC2=O)[C@H](F)C3)C(C)(C)C. The number of alkyl halides is 1. The first-order valence-corrected chi connectivity index (χ1v) is 14.3. The second-order valence-electron chi connectivity index (χ2n) is 13.2. The van der Waals surface area contributed by atoms with Gasteiger partial charge in [0.2, 0.25) is 17.4 Å². The van der Waals surface area contributed by atoms with Gasteiger partial charge < -0.3 is 29.9 Å². The number of rotatable bonds is 3. The fraction of sp³-hybridized carbons (Fsp3) is 0.655. The van der Waals surface area contributed by atoms with Gasteiger partial charge in [-0.05, 0) is 54.1 Å². The van der Waals surface area contributed by atoms with Crippen LogP contribution in [0.2, 0.25) is 0 Å². The lowest BCUT2D eigenvalue weighted by atomic mass is 9.77. The summed E-state index contributed by atoms with van der Waals surface area (Å²) in [4.78, 5) is 61.1. The number of nitriles is 1. The molecule has 9 atom stereocenters. The summed E-state index contributed by atoms with van der Waals surface area (Å²) in [6, 6.07) is 2.36. The summed E-state index contributed by atoms with van der Waals surface area (Å²) in [7, 11) is 1.20. The lowest BCUT2D eigenvalue weighted by Gasteiger charge is -2.38. The first kappa shape index (κ1) is 28.2. The van der Waals surface area contributed by atoms with Gasteiger partial charge >= 0.3 is 6.09 Å². The minimum Gasteiger partial charge on any atom is -0.472 e. The van der Waals surface area contributed by atoms with Gasteiger partial charge in [0.15, 0.2) is 11.6 Å². The molecule has 224 valence electrons. The Kier molecular flexibility index (Phi) is 6.58. The maximum atomic E-state index is 15.2. The zero-order valence-electron chi connectivity index (χ0n) is 24.0. The third kappa shape index (κ3) is 4.25. The number of hydrogen-bond acceptors (Lipinski definition) is 8. The van der Waals surface area contributed by atoms with Crippen molar-refractivity contribution in [3.63, 3.8) is 0 Å². The zero-order chi connectivity index (χ0) is 30.1. The molecule has 13 heteroatoms. The highest BCUT2D eigenvalue weighted by molar-refractivity contribution is 6.01. The van der Waals surface area contributed by atoms with Crippen LogP contribution in [0.25, 0.3) is 0 Å². The van der Waals surface area contributed by atoms with Crippen LogP contribution in [0.5, 0.6) is 5.75 Å². The molecule has 12 nitrogen and oxygen atoms in total. The van der Waals surface area contributed by atoms with Crippen molar-refractivity contribution in [1.82, 2.24) is 20.1 Å². The Morgan fingerprint density at radius 1 is 1.29 bits per heavy atom. The molecule has 4 fully saturated rings. The van der Waals surface area contributed by atoms with Crippen LogP contribution >= 0.6 is 0 Å². The van der Waals surface area contributed by atoms with Crippen molar-refractivity contribution < 1.29 is 33.0 Å². The molecule has 5 aliphatic rings. The summed E-state index contributed by atoms with van der Waals surface area (Å²) in [5, 5.41) is 15.5. The van der Waals surface area contributed by atoms with Crippen LogP contribution in [0.15, 0.2) is 18.3 Å². The van der Waals surface area contributed by atoms with Crippen LogP contribution < -0.4 is 15.4 Å². The van der Waals surface area contributed by atoms with Crippen LogP contribution in [-0.4, -0.2) is 88.7 Å². The van der Waals surface area contributed by atoms with Crippen molar-refractivity contribution in [1.29, 1.82) is 5.26 Å². The maximum absolute atomic E-state index is 15.2. The minimum absolute atomic E-state index is 0.0397. The minimum atomic E-state index is -1.52. The van der Waals surface area contributed by atoms with E-state index in [1.54, 1.807) is 32.9 Å². The van der Waals surface area contributed by atoms with E-state index < -0.39 is 71.0 Å². The number of likely N-dealkylation sites (tertiary alicyclic amines) is 2. The van der Waals surface area contributed by atoms with E-state index in [0.29, 0.717) is 18.6 Å². The molecule has 2 saturated carbocycles. The Balaban J connectivity index is 1.34. The standard InChI is InChI=1S/C29H35FN6O6/c1-28(2,3)22(33-27(40)41-4)25(38)35-12-17-14-8-16(18(30)9-14)20(17)21(35)24(37)36-13-29(10-15(36)11-31)26(39)34-23-19(42-29)6-5-7-32-23/h5-7,14-18,20-22H,8-10,12-13H2,1-4H3,(H,33,40)(H,32,34,39)/t14-,15-,16+,17+,18+,20-,21-,22+,29+/m0/s1. The molecular formula is C29H35FN6O6. The largest absolute Gasteiger partial charge is 0.472 e. The number of anilines is 1. The van der Waals surface area contributed by atoms with Crippen LogP contribution in [-0.2, 0) is 19.1 Å². The highest BCUT2D eigenvalue weighted by Crippen LogP contribution is 2.59. The van der Waals surface area contributed by atoms with Gasteiger partial charge in [-0.1, -0.05) is 20.8 Å². The monoisotopic (exact) mass is 582 g/mol. The van der Waals surface area contributed by atoms with Crippen molar-refractivity contribution >= 4 is 29.6 Å². The number of halogens is 1. The molecule has 1 aromatic heterocycles. The lowest BCUT2D eigenvalue weighted by molar-refractivity contribution is -0.149. The summed E-state index contributed by atoms with van der Waals surface area (Å²) in [5.74, 6) is -1.78. The summed E-state index contributed by atoms with van der Waals surface area (Å²) in [6.45, 7) is 5.42. The topological polar surface area (TPSA) is 154 Å². The van der Waals surface area contributed by atoms with Gasteiger partial charge in [-0.25, -0.2) is 14.2 Å². The number of nitrogens with zero attached hydrogens (tertiary/aromatic N) is 4. The number of methoxy groups -OCH3 is 1. The Bertz CT molecular complexity index is 1380. The fourth-order valence-corrected chi connectivity index (χ4v) is 7.91. The van der Waals surface area contributed by atoms with E-state index in [1.807, 2.05) is 0 Å². The Morgan fingerprint density at radius 2 is 2.05 bits per heavy atom. The van der Waals surface area contributed by atoms with E-state index in [4.69, 9.17) is 9.47 Å². The second kappa shape index (κ2) is 9.81. The number of hydrogen-bond donors (Lipinski definition) is 2. The van der Waals surface area contributed by atoms with E-state index in [-0.39, 0.29) is 37.2 Å². The van der Waals surface area contributed by atoms with Gasteiger partial charge in [0.05, 0.1) is 19.7 Å². The highest BCUT2D eigenvalue weighted by atomic mass is 19.1. The van der Waals surface area contributed by atoms with Crippen LogP contribution in [0, 0.1) is 40.4 Å². The van der Waals surface area contributed by atoms with E-state index in [2.05, 4.69) is 21.7 Å². The molecule has 2 N–H and O–H groups in total. The molecule has 0 radical (unpaired) electrons. The number of alkyl carbamates (subject to hydrolysis) is 1. The Labute approximate surface area is 242 Å². The average Bonchev–Trinajstić information content (AvgIpc) is 3.70. The summed E-state index contributed by atoms with van der Waals surface area (Å²) in [6.07, 6.45) is 0.617. The third-order valence-electron chi connectivity index (χ3n) is 9.85. The zero-order valence-corrected chi connectivity index (χ0v) is 24.0. The maximum Gasteiger partial charge on any atom is 0.407 e. The van der Waals surface area contributed by atoms with Crippen molar-refractivity contribution in [2.24, 2.45) is 29.1 Å². The van der Waals surface area contributed by atoms with Crippen molar-refractivity contribution in [2.75, 3.05) is 25.5 Å². The van der Waals surface area contributed by atoms with Gasteiger partial charge in [0.1, 0.15) is 24.3 Å². The Morgan fingerprint density at radius 3 is 2.74 bits per heavy atom. The summed E-state index contributed by atoms with van der Waals surface area (Å²) < 4.78 is 26.0. The molecule has 4 heterocycles. The molecule has 1 aromatic rings. The number of fused-ring (bicyclic) bond motifs is 6. The second-order valence-corrected chi connectivity index (χ2v) is 13.2. The smallest absolute Gasteiger partial charge is 0.407 e. The van der Waals surface area contributed by atoms with Crippen molar-refractivity contribution in [3.8, 4) is 11.8 Å². The molecule has 2 aliphatic carbocycles. The van der Waals surface area contributed by atoms with Crippen molar-refractivity contribution in [2.45, 2.75) is 69.9 Å². The van der Waals surface area contributed by atoms with Crippen molar-refractivity contribution in [3.05, 3.63) is 18.3 Å². The molecule has 42 heavy (non-hydrogen) atoms. The normalized spacial score (nSPS) is 35.1.